The van der Waals surface area contributed by atoms with Crippen LogP contribution in [0, 0.1) is 6.92 Å². The average Bonchev–Trinajstić information content (AvgIpc) is 3.18. The Morgan fingerprint density at radius 3 is 2.70 bits per heavy atom. The van der Waals surface area contributed by atoms with E-state index in [9.17, 15) is 9.59 Å². The summed E-state index contributed by atoms with van der Waals surface area (Å²) in [6.45, 7) is 3.42. The van der Waals surface area contributed by atoms with Crippen molar-refractivity contribution in [3.63, 3.8) is 0 Å². The molecule has 2 aromatic carbocycles. The highest BCUT2D eigenvalue weighted by molar-refractivity contribution is 5.98. The van der Waals surface area contributed by atoms with Gasteiger partial charge < -0.3 is 20.7 Å². The minimum Gasteiger partial charge on any atom is -0.376 e. The van der Waals surface area contributed by atoms with Crippen molar-refractivity contribution in [3.8, 4) is 0 Å². The second kappa shape index (κ2) is 9.19. The van der Waals surface area contributed by atoms with Crippen molar-refractivity contribution in [2.45, 2.75) is 25.9 Å². The Morgan fingerprint density at radius 2 is 1.93 bits per heavy atom. The molecule has 1 unspecified atom stereocenters. The van der Waals surface area contributed by atoms with Crippen LogP contribution in [0.15, 0.2) is 48.5 Å². The van der Waals surface area contributed by atoms with E-state index in [2.05, 4.69) is 16.0 Å². The van der Waals surface area contributed by atoms with Gasteiger partial charge in [-0.05, 0) is 55.7 Å². The molecule has 27 heavy (non-hydrogen) atoms. The van der Waals surface area contributed by atoms with Crippen LogP contribution < -0.4 is 16.0 Å². The van der Waals surface area contributed by atoms with Gasteiger partial charge in [-0.2, -0.15) is 0 Å². The molecule has 2 amide bonds. The number of rotatable bonds is 7. The van der Waals surface area contributed by atoms with Gasteiger partial charge in [0.2, 0.25) is 5.91 Å². The minimum atomic E-state index is -0.173. The molecule has 142 valence electrons. The Balaban J connectivity index is 1.50. The lowest BCUT2D eigenvalue weighted by atomic mass is 10.1. The molecule has 3 N–H and O–H groups in total. The third-order valence-electron chi connectivity index (χ3n) is 4.39. The van der Waals surface area contributed by atoms with E-state index in [1.54, 1.807) is 24.3 Å². The zero-order valence-electron chi connectivity index (χ0n) is 15.5. The summed E-state index contributed by atoms with van der Waals surface area (Å²) in [4.78, 5) is 24.5. The van der Waals surface area contributed by atoms with Crippen LogP contribution in [0.2, 0.25) is 0 Å². The molecule has 6 heteroatoms. The van der Waals surface area contributed by atoms with Gasteiger partial charge in [-0.15, -0.1) is 0 Å². The van der Waals surface area contributed by atoms with E-state index in [1.807, 2.05) is 31.2 Å². The fourth-order valence-corrected chi connectivity index (χ4v) is 2.99. The van der Waals surface area contributed by atoms with Crippen LogP contribution >= 0.6 is 0 Å². The molecule has 0 spiro atoms. The molecule has 1 fully saturated rings. The number of amides is 2. The van der Waals surface area contributed by atoms with Crippen LogP contribution in [0.1, 0.15) is 28.8 Å². The molecule has 6 nitrogen and oxygen atoms in total. The van der Waals surface area contributed by atoms with Crippen LogP contribution in [0.4, 0.5) is 11.4 Å². The first-order valence-corrected chi connectivity index (χ1v) is 9.20. The fourth-order valence-electron chi connectivity index (χ4n) is 2.99. The maximum absolute atomic E-state index is 12.3. The van der Waals surface area contributed by atoms with Crippen LogP contribution in [0.3, 0.4) is 0 Å². The first-order valence-electron chi connectivity index (χ1n) is 9.20. The molecule has 1 aliphatic heterocycles. The van der Waals surface area contributed by atoms with E-state index < -0.39 is 0 Å². The Hall–Kier alpha value is -2.86. The molecule has 1 aliphatic rings. The van der Waals surface area contributed by atoms with Gasteiger partial charge >= 0.3 is 0 Å². The van der Waals surface area contributed by atoms with Crippen molar-refractivity contribution in [1.82, 2.24) is 5.32 Å². The molecule has 0 radical (unpaired) electrons. The van der Waals surface area contributed by atoms with Gasteiger partial charge in [0.15, 0.2) is 0 Å². The SMILES string of the molecule is Cc1cccc(NCC(=O)Nc2cccc(C(=O)NCC3CCCO3)c2)c1. The summed E-state index contributed by atoms with van der Waals surface area (Å²) in [5.41, 5.74) is 3.13. The Bertz CT molecular complexity index is 801. The van der Waals surface area contributed by atoms with Crippen LogP contribution in [0.5, 0.6) is 0 Å². The number of carbonyl (C=O) groups excluding carboxylic acids is 2. The Morgan fingerprint density at radius 1 is 1.11 bits per heavy atom. The van der Waals surface area contributed by atoms with E-state index in [1.165, 1.54) is 0 Å². The van der Waals surface area contributed by atoms with Crippen LogP contribution in [-0.2, 0) is 9.53 Å². The molecule has 0 saturated carbocycles. The predicted octanol–water partition coefficient (Wildman–Crippen LogP) is 2.95. The molecular formula is C21H25N3O3. The van der Waals surface area contributed by atoms with Crippen molar-refractivity contribution < 1.29 is 14.3 Å². The molecule has 2 aromatic rings. The van der Waals surface area contributed by atoms with Gasteiger partial charge in [-0.3, -0.25) is 9.59 Å². The lowest BCUT2D eigenvalue weighted by Crippen LogP contribution is -2.31. The van der Waals surface area contributed by atoms with Crippen molar-refractivity contribution >= 4 is 23.2 Å². The quantitative estimate of drug-likeness (QED) is 0.703. The second-order valence-corrected chi connectivity index (χ2v) is 6.70. The molecule has 3 rings (SSSR count). The van der Waals surface area contributed by atoms with Gasteiger partial charge in [0.25, 0.3) is 5.91 Å². The maximum atomic E-state index is 12.3. The number of anilines is 2. The zero-order valence-corrected chi connectivity index (χ0v) is 15.5. The third kappa shape index (κ3) is 5.82. The predicted molar refractivity (Wildman–Crippen MR) is 106 cm³/mol. The van der Waals surface area contributed by atoms with Gasteiger partial charge in [-0.1, -0.05) is 18.2 Å². The standard InChI is InChI=1S/C21H25N3O3/c1-15-5-2-7-17(11-15)22-14-20(25)24-18-8-3-6-16(12-18)21(26)23-13-19-9-4-10-27-19/h2-3,5-8,11-12,19,22H,4,9-10,13-14H2,1H3,(H,23,26)(H,24,25). The minimum absolute atomic E-state index is 0.101. The van der Waals surface area contributed by atoms with E-state index in [-0.39, 0.29) is 24.5 Å². The number of hydrogen-bond acceptors (Lipinski definition) is 4. The van der Waals surface area contributed by atoms with E-state index in [0.717, 1.165) is 30.7 Å². The smallest absolute Gasteiger partial charge is 0.251 e. The largest absolute Gasteiger partial charge is 0.376 e. The number of hydrogen-bond donors (Lipinski definition) is 3. The topological polar surface area (TPSA) is 79.5 Å². The van der Waals surface area contributed by atoms with Crippen molar-refractivity contribution in [1.29, 1.82) is 0 Å². The molecule has 0 aliphatic carbocycles. The fraction of sp³-hybridized carbons (Fsp3) is 0.333. The summed E-state index contributed by atoms with van der Waals surface area (Å²) in [5, 5.41) is 8.79. The van der Waals surface area contributed by atoms with Gasteiger partial charge in [0.05, 0.1) is 12.6 Å². The number of ether oxygens (including phenoxy) is 1. The number of nitrogens with one attached hydrogen (secondary N) is 3. The lowest BCUT2D eigenvalue weighted by molar-refractivity contribution is -0.114. The molecule has 1 saturated heterocycles. The Kier molecular flexibility index (Phi) is 6.44. The zero-order chi connectivity index (χ0) is 19.1. The van der Waals surface area contributed by atoms with E-state index in [4.69, 9.17) is 4.74 Å². The molecule has 1 heterocycles. The van der Waals surface area contributed by atoms with Crippen LogP contribution in [-0.4, -0.2) is 37.6 Å². The molecule has 0 aromatic heterocycles. The first-order chi connectivity index (χ1) is 13.1. The summed E-state index contributed by atoms with van der Waals surface area (Å²) in [5.74, 6) is -0.340. The van der Waals surface area contributed by atoms with Gasteiger partial charge in [0, 0.05) is 30.1 Å². The highest BCUT2D eigenvalue weighted by Crippen LogP contribution is 2.13. The van der Waals surface area contributed by atoms with Crippen molar-refractivity contribution in [3.05, 3.63) is 59.7 Å². The first kappa shape index (κ1) is 18.9. The third-order valence-corrected chi connectivity index (χ3v) is 4.39. The molecule has 0 bridgehead atoms. The molecular weight excluding hydrogens is 342 g/mol. The van der Waals surface area contributed by atoms with Gasteiger partial charge in [0.1, 0.15) is 0 Å². The van der Waals surface area contributed by atoms with Crippen molar-refractivity contribution in [2.24, 2.45) is 0 Å². The van der Waals surface area contributed by atoms with Gasteiger partial charge in [-0.25, -0.2) is 0 Å². The summed E-state index contributed by atoms with van der Waals surface area (Å²) >= 11 is 0. The maximum Gasteiger partial charge on any atom is 0.251 e. The van der Waals surface area contributed by atoms with E-state index in [0.29, 0.717) is 17.8 Å². The van der Waals surface area contributed by atoms with E-state index >= 15 is 0 Å². The summed E-state index contributed by atoms with van der Waals surface area (Å²) in [6, 6.07) is 14.8. The monoisotopic (exact) mass is 367 g/mol. The highest BCUT2D eigenvalue weighted by atomic mass is 16.5. The summed E-state index contributed by atoms with van der Waals surface area (Å²) < 4.78 is 5.51. The molecule has 1 atom stereocenters. The highest BCUT2D eigenvalue weighted by Gasteiger charge is 2.16. The normalized spacial score (nSPS) is 16.0. The number of benzene rings is 2. The number of aryl methyl sites for hydroxylation is 1. The average molecular weight is 367 g/mol. The summed E-state index contributed by atoms with van der Waals surface area (Å²) in [6.07, 6.45) is 2.12. The lowest BCUT2D eigenvalue weighted by Gasteiger charge is -2.12. The Labute approximate surface area is 159 Å². The number of carbonyl (C=O) groups is 2. The van der Waals surface area contributed by atoms with Crippen molar-refractivity contribution in [2.75, 3.05) is 30.3 Å². The second-order valence-electron chi connectivity index (χ2n) is 6.70. The van der Waals surface area contributed by atoms with Crippen LogP contribution in [0.25, 0.3) is 0 Å². The summed E-state index contributed by atoms with van der Waals surface area (Å²) in [7, 11) is 0.